The lowest BCUT2D eigenvalue weighted by Crippen LogP contribution is -2.15. The maximum absolute atomic E-state index is 12.5. The molecule has 3 rings (SSSR count). The molecule has 1 atom stereocenters. The average Bonchev–Trinajstić information content (AvgIpc) is 3.25. The second kappa shape index (κ2) is 11.1. The Morgan fingerprint density at radius 1 is 1.06 bits per heavy atom. The second-order valence-corrected chi connectivity index (χ2v) is 8.86. The van der Waals surface area contributed by atoms with Crippen LogP contribution < -0.4 is 10.2 Å². The first kappa shape index (κ1) is 25.9. The molecule has 35 heavy (non-hydrogen) atoms. The summed E-state index contributed by atoms with van der Waals surface area (Å²) in [5.74, 6) is 0.746. The summed E-state index contributed by atoms with van der Waals surface area (Å²) < 4.78 is 17.0. The van der Waals surface area contributed by atoms with Crippen LogP contribution in [0.1, 0.15) is 55.7 Å². The number of rotatable bonds is 7. The van der Waals surface area contributed by atoms with Gasteiger partial charge >= 0.3 is 0 Å². The van der Waals surface area contributed by atoms with Gasteiger partial charge in [0.2, 0.25) is 0 Å². The van der Waals surface area contributed by atoms with E-state index in [-0.39, 0.29) is 23.2 Å². The van der Waals surface area contributed by atoms with E-state index in [0.29, 0.717) is 29.9 Å². The van der Waals surface area contributed by atoms with Gasteiger partial charge in [0.1, 0.15) is 11.9 Å². The summed E-state index contributed by atoms with van der Waals surface area (Å²) >= 11 is 0. The molecule has 0 radical (unpaired) electrons. The molecule has 0 amide bonds. The average molecular weight is 478 g/mol. The zero-order valence-electron chi connectivity index (χ0n) is 21.0. The summed E-state index contributed by atoms with van der Waals surface area (Å²) in [5, 5.41) is 10.8. The van der Waals surface area contributed by atoms with E-state index >= 15 is 0 Å². The fourth-order valence-electron chi connectivity index (χ4n) is 4.19. The minimum absolute atomic E-state index is 0.0788. The molecule has 0 aliphatic carbocycles. The van der Waals surface area contributed by atoms with Crippen molar-refractivity contribution in [3.8, 4) is 5.95 Å². The standard InChI is InChI=1S/C28H31NO6/c1-17(11-18(2)13-22-7-9-24(10-8-22)29(31)32)12-19(3)14-23-15-25(34-16-23)27-20(4)26(30)21(5)28(33-6)35-27/h7-14,25H,15-16H2,1-6H3/b17-11+,18-13+,19-12-,23-14-/t25-/m1/s1. The smallest absolute Gasteiger partial charge is 0.291 e. The SMILES string of the molecule is COc1oc([C@H]2C/C(=C/C(C)=C\C(C)=C\C(C)=C\c3ccc([N+](=O)[O-])cc3)CO2)c(C)c(=O)c1C. The molecule has 2 aromatic rings. The molecule has 1 aromatic heterocycles. The van der Waals surface area contributed by atoms with Crippen LogP contribution in [0.2, 0.25) is 0 Å². The van der Waals surface area contributed by atoms with Crippen LogP contribution in [-0.2, 0) is 4.74 Å². The molecule has 184 valence electrons. The monoisotopic (exact) mass is 477 g/mol. The third kappa shape index (κ3) is 6.45. The van der Waals surface area contributed by atoms with Crippen molar-refractivity contribution in [2.45, 2.75) is 47.1 Å². The van der Waals surface area contributed by atoms with Gasteiger partial charge in [0.05, 0.1) is 24.2 Å². The van der Waals surface area contributed by atoms with Crippen molar-refractivity contribution in [2.24, 2.45) is 0 Å². The van der Waals surface area contributed by atoms with Crippen molar-refractivity contribution in [2.75, 3.05) is 13.7 Å². The highest BCUT2D eigenvalue weighted by Gasteiger charge is 2.28. The third-order valence-corrected chi connectivity index (χ3v) is 5.80. The van der Waals surface area contributed by atoms with Gasteiger partial charge in [-0.05, 0) is 57.9 Å². The lowest BCUT2D eigenvalue weighted by Gasteiger charge is -2.13. The Hall–Kier alpha value is -3.71. The Balaban J connectivity index is 1.71. The lowest BCUT2D eigenvalue weighted by atomic mass is 10.0. The van der Waals surface area contributed by atoms with Gasteiger partial charge in [-0.15, -0.1) is 0 Å². The molecule has 7 nitrogen and oxygen atoms in total. The summed E-state index contributed by atoms with van der Waals surface area (Å²) in [6, 6.07) is 6.48. The molecule has 1 aliphatic heterocycles. The molecule has 0 saturated carbocycles. The summed E-state index contributed by atoms with van der Waals surface area (Å²) in [5.41, 5.74) is 6.23. The number of nitro groups is 1. The van der Waals surface area contributed by atoms with Crippen LogP contribution in [0.4, 0.5) is 5.69 Å². The van der Waals surface area contributed by atoms with E-state index in [2.05, 4.69) is 18.2 Å². The number of non-ortho nitro benzene ring substituents is 1. The van der Waals surface area contributed by atoms with E-state index in [0.717, 1.165) is 27.9 Å². The number of allylic oxidation sites excluding steroid dienone is 6. The molecule has 0 N–H and O–H groups in total. The van der Waals surface area contributed by atoms with Crippen molar-refractivity contribution >= 4 is 11.8 Å². The van der Waals surface area contributed by atoms with Crippen LogP contribution in [0.25, 0.3) is 6.08 Å². The Bertz CT molecular complexity index is 1290. The number of hydrogen-bond donors (Lipinski definition) is 0. The first-order valence-corrected chi connectivity index (χ1v) is 11.4. The maximum atomic E-state index is 12.5. The fraction of sp³-hybridized carbons (Fsp3) is 0.321. The quantitative estimate of drug-likeness (QED) is 0.255. The molecule has 2 heterocycles. The van der Waals surface area contributed by atoms with Gasteiger partial charge in [0.15, 0.2) is 5.43 Å². The predicted molar refractivity (Wildman–Crippen MR) is 137 cm³/mol. The van der Waals surface area contributed by atoms with Crippen molar-refractivity contribution in [1.82, 2.24) is 0 Å². The molecular formula is C28H31NO6. The molecule has 0 spiro atoms. The molecule has 1 saturated heterocycles. The van der Waals surface area contributed by atoms with E-state index in [4.69, 9.17) is 13.9 Å². The minimum atomic E-state index is -0.404. The lowest BCUT2D eigenvalue weighted by molar-refractivity contribution is -0.384. The van der Waals surface area contributed by atoms with E-state index in [1.165, 1.54) is 19.2 Å². The van der Waals surface area contributed by atoms with Gasteiger partial charge in [-0.25, -0.2) is 0 Å². The number of methoxy groups -OCH3 is 1. The Kier molecular flexibility index (Phi) is 8.25. The molecule has 1 aromatic carbocycles. The van der Waals surface area contributed by atoms with Crippen molar-refractivity contribution in [3.63, 3.8) is 0 Å². The summed E-state index contributed by atoms with van der Waals surface area (Å²) in [4.78, 5) is 22.9. The van der Waals surface area contributed by atoms with E-state index < -0.39 is 4.92 Å². The van der Waals surface area contributed by atoms with Crippen molar-refractivity contribution in [3.05, 3.63) is 108 Å². The zero-order valence-corrected chi connectivity index (χ0v) is 21.0. The summed E-state index contributed by atoms with van der Waals surface area (Å²) in [7, 11) is 1.48. The van der Waals surface area contributed by atoms with E-state index in [1.807, 2.05) is 26.8 Å². The van der Waals surface area contributed by atoms with Crippen LogP contribution >= 0.6 is 0 Å². The molecule has 0 bridgehead atoms. The molecule has 0 unspecified atom stereocenters. The van der Waals surface area contributed by atoms with Crippen LogP contribution in [0.5, 0.6) is 5.95 Å². The number of ether oxygens (including phenoxy) is 2. The van der Waals surface area contributed by atoms with E-state index in [9.17, 15) is 14.9 Å². The Labute approximate surface area is 205 Å². The molecular weight excluding hydrogens is 446 g/mol. The predicted octanol–water partition coefficient (Wildman–Crippen LogP) is 6.56. The number of hydrogen-bond acceptors (Lipinski definition) is 6. The maximum Gasteiger partial charge on any atom is 0.291 e. The molecule has 7 heteroatoms. The molecule has 1 fully saturated rings. The third-order valence-electron chi connectivity index (χ3n) is 5.80. The van der Waals surface area contributed by atoms with Gasteiger partial charge in [0, 0.05) is 24.1 Å². The first-order valence-electron chi connectivity index (χ1n) is 11.4. The second-order valence-electron chi connectivity index (χ2n) is 8.86. The Morgan fingerprint density at radius 2 is 1.71 bits per heavy atom. The fourth-order valence-corrected chi connectivity index (χ4v) is 4.19. The summed E-state index contributed by atoms with van der Waals surface area (Å²) in [6.07, 6.45) is 8.56. The number of nitrogens with zero attached hydrogens (tertiary/aromatic N) is 1. The Morgan fingerprint density at radius 3 is 2.34 bits per heavy atom. The van der Waals surface area contributed by atoms with Crippen LogP contribution in [-0.4, -0.2) is 18.6 Å². The van der Waals surface area contributed by atoms with Crippen molar-refractivity contribution in [1.29, 1.82) is 0 Å². The highest BCUT2D eigenvalue weighted by atomic mass is 16.6. The minimum Gasteiger partial charge on any atom is -0.468 e. The van der Waals surface area contributed by atoms with Gasteiger partial charge < -0.3 is 13.9 Å². The first-order chi connectivity index (χ1) is 16.6. The van der Waals surface area contributed by atoms with Crippen LogP contribution in [0.3, 0.4) is 0 Å². The van der Waals surface area contributed by atoms with Gasteiger partial charge in [-0.2, -0.15) is 0 Å². The largest absolute Gasteiger partial charge is 0.468 e. The zero-order chi connectivity index (χ0) is 25.7. The van der Waals surface area contributed by atoms with Gasteiger partial charge in [0.25, 0.3) is 11.6 Å². The summed E-state index contributed by atoms with van der Waals surface area (Å²) in [6.45, 7) is 9.97. The topological polar surface area (TPSA) is 91.8 Å². The van der Waals surface area contributed by atoms with Gasteiger partial charge in [-0.3, -0.25) is 14.9 Å². The van der Waals surface area contributed by atoms with Crippen LogP contribution in [0, 0.1) is 24.0 Å². The van der Waals surface area contributed by atoms with Crippen LogP contribution in [0.15, 0.2) is 74.0 Å². The van der Waals surface area contributed by atoms with Crippen molar-refractivity contribution < 1.29 is 18.8 Å². The molecule has 1 aliphatic rings. The normalized spacial score (nSPS) is 18.3. The highest BCUT2D eigenvalue weighted by molar-refractivity contribution is 5.57. The highest BCUT2D eigenvalue weighted by Crippen LogP contribution is 2.35. The van der Waals surface area contributed by atoms with Gasteiger partial charge in [-0.1, -0.05) is 41.0 Å². The number of benzene rings is 1. The van der Waals surface area contributed by atoms with E-state index in [1.54, 1.807) is 26.0 Å². The number of nitro benzene ring substituents is 1.